The average Bonchev–Trinajstić information content (AvgIpc) is 2.18. The lowest BCUT2D eigenvalue weighted by Gasteiger charge is -2.24. The van der Waals surface area contributed by atoms with Crippen LogP contribution in [0.3, 0.4) is 0 Å². The van der Waals surface area contributed by atoms with E-state index >= 15 is 0 Å². The second-order valence-corrected chi connectivity index (χ2v) is 7.39. The maximum absolute atomic E-state index is 11.2. The third-order valence-electron chi connectivity index (χ3n) is 2.56. The first-order valence-corrected chi connectivity index (χ1v) is 7.87. The van der Waals surface area contributed by atoms with E-state index < -0.39 is 9.84 Å². The molecule has 0 spiro atoms. The monoisotopic (exact) mass is 264 g/mol. The van der Waals surface area contributed by atoms with E-state index in [0.717, 1.165) is 6.54 Å². The Bertz CT molecular complexity index is 325. The largest absolute Gasteiger partial charge is 0.362 e. The van der Waals surface area contributed by atoms with Gasteiger partial charge in [-0.3, -0.25) is 0 Å². The molecule has 0 saturated carbocycles. The summed E-state index contributed by atoms with van der Waals surface area (Å²) in [4.78, 5) is 0. The molecule has 4 nitrogen and oxygen atoms in total. The minimum atomic E-state index is -2.78. The Hall–Kier alpha value is -0.360. The molecule has 0 aliphatic carbocycles. The number of hydrogen-bond acceptors (Lipinski definition) is 3. The van der Waals surface area contributed by atoms with Crippen LogP contribution in [0.4, 0.5) is 0 Å². The molecule has 0 aromatic carbocycles. The summed E-state index contributed by atoms with van der Waals surface area (Å²) >= 11 is 5.14. The summed E-state index contributed by atoms with van der Waals surface area (Å²) in [6.07, 6.45) is 1.32. The van der Waals surface area contributed by atoms with Gasteiger partial charge in [0.05, 0.1) is 11.5 Å². The lowest BCUT2D eigenvalue weighted by atomic mass is 10.2. The van der Waals surface area contributed by atoms with Gasteiger partial charge in [-0.1, -0.05) is 13.8 Å². The smallest absolute Gasteiger partial charge is 0.166 e. The normalized spacial score (nSPS) is 20.7. The highest BCUT2D eigenvalue weighted by Gasteiger charge is 2.23. The molecule has 1 saturated heterocycles. The lowest BCUT2D eigenvalue weighted by molar-refractivity contribution is 0.515. The van der Waals surface area contributed by atoms with Crippen LogP contribution in [0, 0.1) is 5.92 Å². The van der Waals surface area contributed by atoms with Crippen LogP contribution >= 0.6 is 12.2 Å². The number of sulfone groups is 1. The SMILES string of the molecule is CC(C)CNC(=S)NC1CCS(=O)(=O)CC1. The summed E-state index contributed by atoms with van der Waals surface area (Å²) in [7, 11) is -2.78. The highest BCUT2D eigenvalue weighted by Crippen LogP contribution is 2.11. The van der Waals surface area contributed by atoms with E-state index in [1.807, 2.05) is 0 Å². The molecule has 0 aromatic rings. The van der Waals surface area contributed by atoms with E-state index in [0.29, 0.717) is 23.9 Å². The van der Waals surface area contributed by atoms with Crippen molar-refractivity contribution in [1.29, 1.82) is 0 Å². The summed E-state index contributed by atoms with van der Waals surface area (Å²) in [6, 6.07) is 0.204. The second kappa shape index (κ2) is 5.82. The van der Waals surface area contributed by atoms with Crippen LogP contribution in [0.2, 0.25) is 0 Å². The van der Waals surface area contributed by atoms with Crippen LogP contribution < -0.4 is 10.6 Å². The molecule has 2 N–H and O–H groups in total. The molecule has 1 heterocycles. The lowest BCUT2D eigenvalue weighted by Crippen LogP contribution is -2.46. The number of rotatable bonds is 3. The molecule has 0 atom stereocenters. The first kappa shape index (κ1) is 13.7. The third kappa shape index (κ3) is 5.12. The highest BCUT2D eigenvalue weighted by atomic mass is 32.2. The molecule has 0 amide bonds. The van der Waals surface area contributed by atoms with E-state index in [-0.39, 0.29) is 17.5 Å². The van der Waals surface area contributed by atoms with Crippen LogP contribution in [0.25, 0.3) is 0 Å². The molecule has 1 aliphatic heterocycles. The summed E-state index contributed by atoms with van der Waals surface area (Å²) < 4.78 is 22.4. The van der Waals surface area contributed by atoms with Gasteiger partial charge in [-0.2, -0.15) is 0 Å². The Morgan fingerprint density at radius 2 is 1.94 bits per heavy atom. The zero-order chi connectivity index (χ0) is 12.2. The van der Waals surface area contributed by atoms with E-state index in [2.05, 4.69) is 24.5 Å². The Labute approximate surface area is 103 Å². The van der Waals surface area contributed by atoms with Crippen molar-refractivity contribution in [3.63, 3.8) is 0 Å². The molecule has 0 radical (unpaired) electrons. The maximum Gasteiger partial charge on any atom is 0.166 e. The van der Waals surface area contributed by atoms with Gasteiger partial charge in [0.15, 0.2) is 5.11 Å². The van der Waals surface area contributed by atoms with Crippen LogP contribution in [0.15, 0.2) is 0 Å². The van der Waals surface area contributed by atoms with Gasteiger partial charge in [0.1, 0.15) is 9.84 Å². The molecule has 6 heteroatoms. The summed E-state index contributed by atoms with van der Waals surface area (Å²) in [6.45, 7) is 5.07. The molecule has 0 unspecified atom stereocenters. The molecule has 1 fully saturated rings. The minimum Gasteiger partial charge on any atom is -0.362 e. The van der Waals surface area contributed by atoms with Crippen molar-refractivity contribution >= 4 is 27.2 Å². The van der Waals surface area contributed by atoms with E-state index in [4.69, 9.17) is 12.2 Å². The number of nitrogens with one attached hydrogen (secondary N) is 2. The summed E-state index contributed by atoms with van der Waals surface area (Å²) in [5.74, 6) is 1.10. The van der Waals surface area contributed by atoms with Crippen LogP contribution in [0.5, 0.6) is 0 Å². The standard InChI is InChI=1S/C10H20N2O2S2/c1-8(2)7-11-10(15)12-9-3-5-16(13,14)6-4-9/h8-9H,3-7H2,1-2H3,(H2,11,12,15). The molecule has 94 valence electrons. The maximum atomic E-state index is 11.2. The van der Waals surface area contributed by atoms with Gasteiger partial charge >= 0.3 is 0 Å². The average molecular weight is 264 g/mol. The molecule has 0 aromatic heterocycles. The van der Waals surface area contributed by atoms with Crippen LogP contribution in [0.1, 0.15) is 26.7 Å². The fourth-order valence-electron chi connectivity index (χ4n) is 1.57. The third-order valence-corrected chi connectivity index (χ3v) is 4.54. The van der Waals surface area contributed by atoms with E-state index in [1.54, 1.807) is 0 Å². The minimum absolute atomic E-state index is 0.204. The van der Waals surface area contributed by atoms with Gasteiger partial charge in [0, 0.05) is 12.6 Å². The molecular weight excluding hydrogens is 244 g/mol. The molecule has 1 rings (SSSR count). The van der Waals surface area contributed by atoms with Crippen molar-refractivity contribution in [3.05, 3.63) is 0 Å². The number of hydrogen-bond donors (Lipinski definition) is 2. The number of thiocarbonyl (C=S) groups is 1. The molecule has 1 aliphatic rings. The summed E-state index contributed by atoms with van der Waals surface area (Å²) in [5, 5.41) is 6.93. The predicted molar refractivity (Wildman–Crippen MR) is 70.3 cm³/mol. The Morgan fingerprint density at radius 3 is 2.44 bits per heavy atom. The predicted octanol–water partition coefficient (Wildman–Crippen LogP) is 0.684. The van der Waals surface area contributed by atoms with Crippen molar-refractivity contribution in [2.45, 2.75) is 32.7 Å². The molecule has 16 heavy (non-hydrogen) atoms. The second-order valence-electron chi connectivity index (χ2n) is 4.67. The van der Waals surface area contributed by atoms with Gasteiger partial charge in [-0.15, -0.1) is 0 Å². The van der Waals surface area contributed by atoms with Gasteiger partial charge in [-0.05, 0) is 31.0 Å². The van der Waals surface area contributed by atoms with Crippen molar-refractivity contribution in [3.8, 4) is 0 Å². The van der Waals surface area contributed by atoms with Gasteiger partial charge in [-0.25, -0.2) is 8.42 Å². The first-order chi connectivity index (χ1) is 7.39. The van der Waals surface area contributed by atoms with Gasteiger partial charge < -0.3 is 10.6 Å². The van der Waals surface area contributed by atoms with Crippen molar-refractivity contribution in [2.24, 2.45) is 5.92 Å². The first-order valence-electron chi connectivity index (χ1n) is 5.64. The van der Waals surface area contributed by atoms with Gasteiger partial charge in [0.25, 0.3) is 0 Å². The van der Waals surface area contributed by atoms with E-state index in [9.17, 15) is 8.42 Å². The Kier molecular flexibility index (Phi) is 4.98. The van der Waals surface area contributed by atoms with E-state index in [1.165, 1.54) is 0 Å². The molecule has 0 bridgehead atoms. The van der Waals surface area contributed by atoms with Crippen molar-refractivity contribution in [1.82, 2.24) is 10.6 Å². The van der Waals surface area contributed by atoms with Crippen LogP contribution in [-0.4, -0.2) is 37.6 Å². The Morgan fingerprint density at radius 1 is 1.38 bits per heavy atom. The van der Waals surface area contributed by atoms with Crippen molar-refractivity contribution in [2.75, 3.05) is 18.1 Å². The fraction of sp³-hybridized carbons (Fsp3) is 0.900. The topological polar surface area (TPSA) is 58.2 Å². The quantitative estimate of drug-likeness (QED) is 0.734. The van der Waals surface area contributed by atoms with Crippen molar-refractivity contribution < 1.29 is 8.42 Å². The van der Waals surface area contributed by atoms with Gasteiger partial charge in [0.2, 0.25) is 0 Å². The van der Waals surface area contributed by atoms with Crippen LogP contribution in [-0.2, 0) is 9.84 Å². The summed E-state index contributed by atoms with van der Waals surface area (Å²) in [5.41, 5.74) is 0. The zero-order valence-electron chi connectivity index (χ0n) is 9.82. The fourth-order valence-corrected chi connectivity index (χ4v) is 3.31. The zero-order valence-corrected chi connectivity index (χ0v) is 11.5. The highest BCUT2D eigenvalue weighted by molar-refractivity contribution is 7.91. The Balaban J connectivity index is 2.26. The molecular formula is C10H20N2O2S2.